The zero-order valence-corrected chi connectivity index (χ0v) is 38.4. The van der Waals surface area contributed by atoms with Gasteiger partial charge >= 0.3 is 11.9 Å². The highest BCUT2D eigenvalue weighted by Gasteiger charge is 2.91. The zero-order valence-electron chi connectivity index (χ0n) is 38.4. The van der Waals surface area contributed by atoms with E-state index in [2.05, 4.69) is 6.92 Å². The fraction of sp³-hybridized carbons (Fsp3) is 0.933. The molecular formula is C45H70O19. The molecule has 24 atom stereocenters. The van der Waals surface area contributed by atoms with Crippen molar-refractivity contribution in [3.63, 3.8) is 0 Å². The van der Waals surface area contributed by atoms with Gasteiger partial charge in [-0.3, -0.25) is 14.4 Å². The third-order valence-corrected chi connectivity index (χ3v) is 17.0. The Morgan fingerprint density at radius 2 is 1.36 bits per heavy atom. The minimum Gasteiger partial charge on any atom is -0.458 e. The summed E-state index contributed by atoms with van der Waals surface area (Å²) in [7, 11) is 2.94. The minimum absolute atomic E-state index is 0.0122. The molecule has 0 amide bonds. The predicted octanol–water partition coefficient (Wildman–Crippen LogP) is 0.819. The van der Waals surface area contributed by atoms with Crippen molar-refractivity contribution in [3.8, 4) is 0 Å². The molecule has 8 aliphatic rings. The molecule has 4 saturated heterocycles. The Morgan fingerprint density at radius 1 is 0.688 bits per heavy atom. The molecule has 8 rings (SSSR count). The van der Waals surface area contributed by atoms with Crippen LogP contribution in [0.15, 0.2) is 0 Å². The van der Waals surface area contributed by atoms with Crippen molar-refractivity contribution in [3.05, 3.63) is 0 Å². The molecule has 4 heterocycles. The maximum absolute atomic E-state index is 13.2. The zero-order chi connectivity index (χ0) is 46.4. The number of hydrogen-bond acceptors (Lipinski definition) is 19. The maximum Gasteiger partial charge on any atom is 0.303 e. The van der Waals surface area contributed by atoms with Gasteiger partial charge in [0, 0.05) is 51.7 Å². The van der Waals surface area contributed by atoms with E-state index in [0.717, 1.165) is 19.3 Å². The Kier molecular flexibility index (Phi) is 13.5. The molecule has 19 nitrogen and oxygen atoms in total. The number of esters is 2. The van der Waals surface area contributed by atoms with Crippen molar-refractivity contribution in [2.24, 2.45) is 28.6 Å². The van der Waals surface area contributed by atoms with Gasteiger partial charge < -0.3 is 77.6 Å². The number of methoxy groups -OCH3 is 2. The van der Waals surface area contributed by atoms with Crippen molar-refractivity contribution >= 4 is 17.7 Å². The molecule has 0 bridgehead atoms. The predicted molar refractivity (Wildman–Crippen MR) is 217 cm³/mol. The molecule has 364 valence electrons. The van der Waals surface area contributed by atoms with Crippen LogP contribution in [0.5, 0.6) is 0 Å². The van der Waals surface area contributed by atoms with Crippen LogP contribution in [-0.4, -0.2) is 180 Å². The fourth-order valence-corrected chi connectivity index (χ4v) is 14.0. The fourth-order valence-electron chi connectivity index (χ4n) is 14.0. The number of Topliss-reactive ketones (excluding diaryl/α,β-unsaturated/α-hetero) is 1. The normalized spacial score (nSPS) is 53.2. The molecule has 4 aliphatic carbocycles. The summed E-state index contributed by atoms with van der Waals surface area (Å²) in [6, 6.07) is 0. The lowest BCUT2D eigenvalue weighted by Gasteiger charge is -2.61. The molecule has 4 saturated carbocycles. The quantitative estimate of drug-likeness (QED) is 0.103. The summed E-state index contributed by atoms with van der Waals surface area (Å²) in [4.78, 5) is 38.9. The molecular weight excluding hydrogens is 844 g/mol. The van der Waals surface area contributed by atoms with Gasteiger partial charge in [0.05, 0.1) is 31.0 Å². The lowest BCUT2D eigenvalue weighted by molar-refractivity contribution is -0.371. The van der Waals surface area contributed by atoms with Gasteiger partial charge in [0.25, 0.3) is 0 Å². The van der Waals surface area contributed by atoms with E-state index in [1.54, 1.807) is 21.0 Å². The summed E-state index contributed by atoms with van der Waals surface area (Å²) < 4.78 is 68.3. The second kappa shape index (κ2) is 17.9. The van der Waals surface area contributed by atoms with E-state index in [1.165, 1.54) is 21.0 Å². The summed E-state index contributed by atoms with van der Waals surface area (Å²) in [5, 5.41) is 52.2. The number of rotatable bonds is 12. The van der Waals surface area contributed by atoms with E-state index in [1.807, 2.05) is 13.8 Å². The van der Waals surface area contributed by atoms with Gasteiger partial charge in [0.2, 0.25) is 0 Å². The molecule has 5 N–H and O–H groups in total. The summed E-state index contributed by atoms with van der Waals surface area (Å²) in [5.41, 5.74) is -2.54. The Bertz CT molecular complexity index is 1730. The molecule has 0 aromatic heterocycles. The van der Waals surface area contributed by atoms with E-state index in [-0.39, 0.29) is 29.1 Å². The van der Waals surface area contributed by atoms with Gasteiger partial charge in [-0.25, -0.2) is 0 Å². The second-order valence-corrected chi connectivity index (χ2v) is 20.2. The van der Waals surface area contributed by atoms with Gasteiger partial charge in [-0.15, -0.1) is 0 Å². The SMILES string of the molecule is CO[C@H]1[C@@H](O)[C@H](O[C@@H]2[C@@H](C)O[C@@H](O[C@H]3CC[C@@]4(C)[C@@H](CC[C@@]56O[C@@]57CC[C@@H](C(C)=O)[C@@]7(C)[C@H](OC(C)=O)[C@@H](OC(C)=O)[C@H]46)C3)C[C@H]2OC)O[C@H](C)[C@H]1O[C@@H]1O[C@H](CO)[C@@H](O)[C@H](O)[C@H]1O. The average molecular weight is 915 g/mol. The average Bonchev–Trinajstić information content (AvgIpc) is 3.79. The van der Waals surface area contributed by atoms with Crippen molar-refractivity contribution in [2.45, 2.75) is 215 Å². The lowest BCUT2D eigenvalue weighted by atomic mass is 9.43. The summed E-state index contributed by atoms with van der Waals surface area (Å²) in [6.45, 7) is 11.4. The van der Waals surface area contributed by atoms with Crippen LogP contribution in [-0.2, 0) is 66.5 Å². The number of aliphatic hydroxyl groups is 5. The van der Waals surface area contributed by atoms with Crippen LogP contribution in [0.1, 0.15) is 99.8 Å². The van der Waals surface area contributed by atoms with Gasteiger partial charge in [0.15, 0.2) is 18.9 Å². The first kappa shape index (κ1) is 48.5. The molecule has 0 radical (unpaired) electrons. The number of carbonyl (C=O) groups excluding carboxylic acids is 3. The first-order chi connectivity index (χ1) is 30.2. The van der Waals surface area contributed by atoms with Gasteiger partial charge in [-0.1, -0.05) is 13.8 Å². The van der Waals surface area contributed by atoms with E-state index in [9.17, 15) is 39.9 Å². The Morgan fingerprint density at radius 3 is 2.00 bits per heavy atom. The molecule has 2 spiro atoms. The molecule has 0 aromatic rings. The highest BCUT2D eigenvalue weighted by Crippen LogP contribution is 2.81. The van der Waals surface area contributed by atoms with Crippen molar-refractivity contribution in [1.82, 2.24) is 0 Å². The van der Waals surface area contributed by atoms with E-state index >= 15 is 0 Å². The van der Waals surface area contributed by atoms with Crippen LogP contribution < -0.4 is 0 Å². The van der Waals surface area contributed by atoms with Gasteiger partial charge in [-0.2, -0.15) is 0 Å². The Balaban J connectivity index is 0.925. The number of ketones is 1. The van der Waals surface area contributed by atoms with Gasteiger partial charge in [-0.05, 0) is 77.0 Å². The largest absolute Gasteiger partial charge is 0.458 e. The number of ether oxygens (including phenoxy) is 11. The van der Waals surface area contributed by atoms with Crippen LogP contribution in [0.4, 0.5) is 0 Å². The summed E-state index contributed by atoms with van der Waals surface area (Å²) >= 11 is 0. The topological polar surface area (TPSA) is 257 Å². The Labute approximate surface area is 373 Å². The van der Waals surface area contributed by atoms with E-state index in [0.29, 0.717) is 32.1 Å². The van der Waals surface area contributed by atoms with Crippen LogP contribution in [0.2, 0.25) is 0 Å². The molecule has 64 heavy (non-hydrogen) atoms. The van der Waals surface area contributed by atoms with Crippen LogP contribution in [0.3, 0.4) is 0 Å². The smallest absolute Gasteiger partial charge is 0.303 e. The number of carbonyl (C=O) groups is 3. The summed E-state index contributed by atoms with van der Waals surface area (Å²) in [5.74, 6) is -1.49. The standard InChI is InChI=1S/C45H70O19/c1-19(47)26-12-15-45-43(26,7)39(59-23(5)49)37(58-22(4)48)38-42(6)13-11-25(16-24(42)10-14-44(38,45)64-45)60-29-17-27(54-8)34(20(2)56-29)62-41-33(53)36(55-9)35(21(3)57-41)63-40-32(52)31(51)30(50)28(18-46)61-40/h20-21,24-41,46,50-53H,10-18H2,1-9H3/t20-,21-,24+,25+,26+,27-,28-,29+,30-,31+,32-,33-,34-,35-,36+,37+,38-,39-,40+,41+,42+,43+,44+,45-/m1/s1. The lowest BCUT2D eigenvalue weighted by Crippen LogP contribution is -2.70. The monoisotopic (exact) mass is 914 g/mol. The van der Waals surface area contributed by atoms with Crippen LogP contribution >= 0.6 is 0 Å². The van der Waals surface area contributed by atoms with Crippen LogP contribution in [0.25, 0.3) is 0 Å². The van der Waals surface area contributed by atoms with E-state index in [4.69, 9.17) is 52.1 Å². The highest BCUT2D eigenvalue weighted by atomic mass is 16.8. The third kappa shape index (κ3) is 7.59. The van der Waals surface area contributed by atoms with Crippen molar-refractivity contribution < 1.29 is 92.0 Å². The number of fused-ring (bicyclic) bond motifs is 2. The van der Waals surface area contributed by atoms with E-state index < -0.39 is 139 Å². The molecule has 4 aliphatic heterocycles. The number of epoxide rings is 1. The second-order valence-electron chi connectivity index (χ2n) is 20.2. The highest BCUT2D eigenvalue weighted by molar-refractivity contribution is 5.81. The summed E-state index contributed by atoms with van der Waals surface area (Å²) in [6.07, 6.45) is -12.0. The number of hydrogen-bond donors (Lipinski definition) is 5. The maximum atomic E-state index is 13.2. The molecule has 0 aromatic carbocycles. The first-order valence-electron chi connectivity index (χ1n) is 23.1. The molecule has 8 fully saturated rings. The van der Waals surface area contributed by atoms with Crippen LogP contribution in [0, 0.1) is 28.6 Å². The Hall–Kier alpha value is -1.95. The molecule has 0 unspecified atom stereocenters. The third-order valence-electron chi connectivity index (χ3n) is 17.0. The van der Waals surface area contributed by atoms with Crippen molar-refractivity contribution in [2.75, 3.05) is 20.8 Å². The molecule has 19 heteroatoms. The van der Waals surface area contributed by atoms with Crippen molar-refractivity contribution in [1.29, 1.82) is 0 Å². The number of aliphatic hydroxyl groups excluding tert-OH is 5. The minimum atomic E-state index is -1.66. The van der Waals surface area contributed by atoms with Gasteiger partial charge in [0.1, 0.15) is 78.0 Å². The first-order valence-corrected chi connectivity index (χ1v) is 23.1.